The third-order valence-corrected chi connectivity index (χ3v) is 3.11. The van der Waals surface area contributed by atoms with Crippen molar-refractivity contribution in [3.8, 4) is 0 Å². The van der Waals surface area contributed by atoms with Crippen LogP contribution in [-0.2, 0) is 9.59 Å². The Labute approximate surface area is 101 Å². The number of nitrogens with one attached hydrogen (secondary N) is 1. The molecule has 0 aromatic rings. The second kappa shape index (κ2) is 5.46. The summed E-state index contributed by atoms with van der Waals surface area (Å²) < 4.78 is 0. The number of likely N-dealkylation sites (N-methyl/N-ethyl adjacent to an activating group) is 1. The van der Waals surface area contributed by atoms with E-state index in [9.17, 15) is 14.7 Å². The van der Waals surface area contributed by atoms with Gasteiger partial charge in [0.25, 0.3) is 0 Å². The number of nitrogens with two attached hydrogens (primary N) is 1. The molecule has 0 saturated carbocycles. The van der Waals surface area contributed by atoms with Crippen molar-refractivity contribution in [1.29, 1.82) is 0 Å². The van der Waals surface area contributed by atoms with Crippen molar-refractivity contribution < 1.29 is 14.7 Å². The number of carbonyl (C=O) groups excluding carboxylic acids is 2. The molecule has 1 rings (SSSR count). The van der Waals surface area contributed by atoms with Gasteiger partial charge in [0.15, 0.2) is 0 Å². The lowest BCUT2D eigenvalue weighted by molar-refractivity contribution is -0.140. The summed E-state index contributed by atoms with van der Waals surface area (Å²) in [6.07, 6.45) is -0.378. The van der Waals surface area contributed by atoms with Crippen LogP contribution in [0, 0.1) is 5.92 Å². The van der Waals surface area contributed by atoms with Gasteiger partial charge in [0, 0.05) is 20.0 Å². The van der Waals surface area contributed by atoms with Gasteiger partial charge in [-0.3, -0.25) is 9.59 Å². The van der Waals surface area contributed by atoms with E-state index in [4.69, 9.17) is 5.73 Å². The van der Waals surface area contributed by atoms with Crippen LogP contribution in [0.5, 0.6) is 0 Å². The SMILES string of the molecule is CNC(=O)[C@@H]1C[C@@H](O)CN1C(=O)C(N)C(C)C. The molecule has 0 aromatic heterocycles. The summed E-state index contributed by atoms with van der Waals surface area (Å²) >= 11 is 0. The van der Waals surface area contributed by atoms with Gasteiger partial charge in [-0.05, 0) is 5.92 Å². The third-order valence-electron chi connectivity index (χ3n) is 3.11. The fraction of sp³-hybridized carbons (Fsp3) is 0.818. The zero-order valence-corrected chi connectivity index (χ0v) is 10.5. The minimum Gasteiger partial charge on any atom is -0.391 e. The molecule has 3 atom stereocenters. The highest BCUT2D eigenvalue weighted by atomic mass is 16.3. The number of rotatable bonds is 3. The number of nitrogens with zero attached hydrogens (tertiary/aromatic N) is 1. The van der Waals surface area contributed by atoms with Crippen LogP contribution >= 0.6 is 0 Å². The van der Waals surface area contributed by atoms with E-state index in [-0.39, 0.29) is 30.7 Å². The smallest absolute Gasteiger partial charge is 0.242 e. The maximum Gasteiger partial charge on any atom is 0.242 e. The van der Waals surface area contributed by atoms with Gasteiger partial charge in [-0.1, -0.05) is 13.8 Å². The van der Waals surface area contributed by atoms with Crippen molar-refractivity contribution in [1.82, 2.24) is 10.2 Å². The Morgan fingerprint density at radius 2 is 2.06 bits per heavy atom. The summed E-state index contributed by atoms with van der Waals surface area (Å²) in [4.78, 5) is 25.1. The Morgan fingerprint density at radius 3 is 2.53 bits per heavy atom. The van der Waals surface area contributed by atoms with Crippen molar-refractivity contribution in [3.05, 3.63) is 0 Å². The van der Waals surface area contributed by atoms with E-state index >= 15 is 0 Å². The number of hydrogen-bond acceptors (Lipinski definition) is 4. The molecule has 1 aliphatic rings. The summed E-state index contributed by atoms with van der Waals surface area (Å²) in [6, 6.07) is -1.24. The van der Waals surface area contributed by atoms with Crippen molar-refractivity contribution >= 4 is 11.8 Å². The summed E-state index contributed by atoms with van der Waals surface area (Å²) in [5, 5.41) is 12.1. The van der Waals surface area contributed by atoms with Crippen LogP contribution in [0.4, 0.5) is 0 Å². The summed E-state index contributed by atoms with van der Waals surface area (Å²) in [5.74, 6) is -0.526. The lowest BCUT2D eigenvalue weighted by Gasteiger charge is -2.27. The van der Waals surface area contributed by atoms with E-state index in [1.165, 1.54) is 11.9 Å². The number of amides is 2. The molecule has 0 bridgehead atoms. The molecule has 2 amide bonds. The Balaban J connectivity index is 2.80. The molecular weight excluding hydrogens is 222 g/mol. The highest BCUT2D eigenvalue weighted by Crippen LogP contribution is 2.20. The molecule has 1 unspecified atom stereocenters. The average Bonchev–Trinajstić information content (AvgIpc) is 2.68. The van der Waals surface area contributed by atoms with E-state index < -0.39 is 18.2 Å². The van der Waals surface area contributed by atoms with Crippen LogP contribution in [-0.4, -0.2) is 53.6 Å². The molecule has 17 heavy (non-hydrogen) atoms. The molecule has 1 aliphatic heterocycles. The normalized spacial score (nSPS) is 26.1. The van der Waals surface area contributed by atoms with Gasteiger partial charge in [-0.25, -0.2) is 0 Å². The van der Waals surface area contributed by atoms with Crippen LogP contribution in [0.15, 0.2) is 0 Å². The van der Waals surface area contributed by atoms with E-state index in [1.807, 2.05) is 13.8 Å². The van der Waals surface area contributed by atoms with E-state index in [0.29, 0.717) is 0 Å². The fourth-order valence-corrected chi connectivity index (χ4v) is 1.95. The van der Waals surface area contributed by atoms with E-state index in [1.54, 1.807) is 0 Å². The minimum atomic E-state index is -0.652. The first-order chi connectivity index (χ1) is 7.88. The number of hydrogen-bond donors (Lipinski definition) is 3. The molecular formula is C11H21N3O3. The third kappa shape index (κ3) is 2.95. The van der Waals surface area contributed by atoms with Crippen LogP contribution < -0.4 is 11.1 Å². The maximum absolute atomic E-state index is 12.1. The molecule has 0 aromatic carbocycles. The highest BCUT2D eigenvalue weighted by molar-refractivity contribution is 5.90. The molecule has 6 nitrogen and oxygen atoms in total. The zero-order chi connectivity index (χ0) is 13.2. The summed E-state index contributed by atoms with van der Waals surface area (Å²) in [6.45, 7) is 3.88. The number of likely N-dealkylation sites (tertiary alicyclic amines) is 1. The average molecular weight is 243 g/mol. The van der Waals surface area contributed by atoms with Crippen molar-refractivity contribution in [2.75, 3.05) is 13.6 Å². The number of aliphatic hydroxyl groups is 1. The second-order valence-electron chi connectivity index (χ2n) is 4.78. The number of aliphatic hydroxyl groups excluding tert-OH is 1. The lowest BCUT2D eigenvalue weighted by atomic mass is 10.0. The first kappa shape index (κ1) is 13.9. The van der Waals surface area contributed by atoms with Gasteiger partial charge in [-0.15, -0.1) is 0 Å². The summed E-state index contributed by atoms with van der Waals surface area (Å²) in [5.41, 5.74) is 5.78. The van der Waals surface area contributed by atoms with Gasteiger partial charge in [0.2, 0.25) is 11.8 Å². The Morgan fingerprint density at radius 1 is 1.47 bits per heavy atom. The Hall–Kier alpha value is -1.14. The Bertz CT molecular complexity index is 306. The molecule has 1 heterocycles. The molecule has 0 spiro atoms. The number of carbonyl (C=O) groups is 2. The van der Waals surface area contributed by atoms with Crippen LogP contribution in [0.2, 0.25) is 0 Å². The molecule has 6 heteroatoms. The first-order valence-electron chi connectivity index (χ1n) is 5.84. The van der Waals surface area contributed by atoms with Crippen LogP contribution in [0.1, 0.15) is 20.3 Å². The quantitative estimate of drug-likeness (QED) is 0.573. The molecule has 4 N–H and O–H groups in total. The number of β-amino-alcohol motifs (C(OH)–C–C–N with tert-alkyl or cyclic N) is 1. The predicted octanol–water partition coefficient (Wildman–Crippen LogP) is -1.32. The molecule has 0 aliphatic carbocycles. The molecule has 0 radical (unpaired) electrons. The predicted molar refractivity (Wildman–Crippen MR) is 63.0 cm³/mol. The molecule has 1 fully saturated rings. The minimum absolute atomic E-state index is 0.00517. The monoisotopic (exact) mass is 243 g/mol. The van der Waals surface area contributed by atoms with Gasteiger partial charge < -0.3 is 21.1 Å². The first-order valence-corrected chi connectivity index (χ1v) is 5.84. The topological polar surface area (TPSA) is 95.7 Å². The highest BCUT2D eigenvalue weighted by Gasteiger charge is 2.40. The zero-order valence-electron chi connectivity index (χ0n) is 10.5. The Kier molecular flexibility index (Phi) is 4.47. The van der Waals surface area contributed by atoms with Crippen molar-refractivity contribution in [2.45, 2.75) is 38.5 Å². The van der Waals surface area contributed by atoms with E-state index in [2.05, 4.69) is 5.32 Å². The molecule has 1 saturated heterocycles. The van der Waals surface area contributed by atoms with Gasteiger partial charge in [0.1, 0.15) is 6.04 Å². The second-order valence-corrected chi connectivity index (χ2v) is 4.78. The fourth-order valence-electron chi connectivity index (χ4n) is 1.95. The molecule has 98 valence electrons. The van der Waals surface area contributed by atoms with Crippen LogP contribution in [0.25, 0.3) is 0 Å². The maximum atomic E-state index is 12.1. The van der Waals surface area contributed by atoms with Gasteiger partial charge in [0.05, 0.1) is 12.1 Å². The van der Waals surface area contributed by atoms with Gasteiger partial charge >= 0.3 is 0 Å². The van der Waals surface area contributed by atoms with Gasteiger partial charge in [-0.2, -0.15) is 0 Å². The summed E-state index contributed by atoms with van der Waals surface area (Å²) in [7, 11) is 1.51. The van der Waals surface area contributed by atoms with E-state index in [0.717, 1.165) is 0 Å². The van der Waals surface area contributed by atoms with Crippen molar-refractivity contribution in [3.63, 3.8) is 0 Å². The van der Waals surface area contributed by atoms with Crippen LogP contribution in [0.3, 0.4) is 0 Å². The lowest BCUT2D eigenvalue weighted by Crippen LogP contribution is -2.52. The largest absolute Gasteiger partial charge is 0.391 e. The standard InChI is InChI=1S/C11H21N3O3/c1-6(2)9(12)11(17)14-5-7(15)4-8(14)10(16)13-3/h6-9,15H,4-5,12H2,1-3H3,(H,13,16)/t7-,8+,9?/m1/s1. The van der Waals surface area contributed by atoms with Crippen molar-refractivity contribution in [2.24, 2.45) is 11.7 Å².